The zero-order valence-corrected chi connectivity index (χ0v) is 12.1. The van der Waals surface area contributed by atoms with E-state index in [0.717, 1.165) is 0 Å². The van der Waals surface area contributed by atoms with Crippen molar-refractivity contribution in [3.63, 3.8) is 0 Å². The number of aromatic nitrogens is 3. The molecule has 2 amide bonds. The van der Waals surface area contributed by atoms with Gasteiger partial charge in [0, 0.05) is 24.3 Å². The monoisotopic (exact) mass is 309 g/mol. The van der Waals surface area contributed by atoms with Gasteiger partial charge in [-0.3, -0.25) is 4.68 Å². The average molecular weight is 309 g/mol. The Labute approximate surface area is 124 Å². The van der Waals surface area contributed by atoms with Gasteiger partial charge in [0.2, 0.25) is 0 Å². The Balaban J connectivity index is 1.77. The molecule has 0 aliphatic rings. The van der Waals surface area contributed by atoms with Crippen molar-refractivity contribution in [2.45, 2.75) is 19.5 Å². The smallest absolute Gasteiger partial charge is 0.355 e. The van der Waals surface area contributed by atoms with Gasteiger partial charge in [-0.15, -0.1) is 11.3 Å². The van der Waals surface area contributed by atoms with Gasteiger partial charge in [-0.1, -0.05) is 0 Å². The topological polar surface area (TPSA) is 109 Å². The van der Waals surface area contributed by atoms with Crippen molar-refractivity contribution in [3.8, 4) is 0 Å². The van der Waals surface area contributed by atoms with E-state index in [4.69, 9.17) is 5.11 Å². The molecule has 21 heavy (non-hydrogen) atoms. The van der Waals surface area contributed by atoms with Crippen molar-refractivity contribution in [2.75, 3.05) is 6.54 Å². The Morgan fingerprint density at radius 1 is 1.52 bits per heavy atom. The highest BCUT2D eigenvalue weighted by Crippen LogP contribution is 2.17. The van der Waals surface area contributed by atoms with Crippen LogP contribution < -0.4 is 10.6 Å². The van der Waals surface area contributed by atoms with Crippen molar-refractivity contribution in [1.82, 2.24) is 25.4 Å². The van der Waals surface area contributed by atoms with Gasteiger partial charge in [-0.05, 0) is 13.0 Å². The maximum Gasteiger partial charge on any atom is 0.355 e. The molecular formula is C12H15N5O3S. The second-order valence-electron chi connectivity index (χ2n) is 4.27. The molecule has 2 heterocycles. The molecule has 0 aliphatic heterocycles. The normalized spacial score (nSPS) is 11.9. The number of rotatable bonds is 6. The van der Waals surface area contributed by atoms with Crippen LogP contribution in [0.1, 0.15) is 28.5 Å². The Bertz CT molecular complexity index is 610. The summed E-state index contributed by atoms with van der Waals surface area (Å²) in [5, 5.41) is 20.2. The maximum atomic E-state index is 11.7. The minimum absolute atomic E-state index is 0.0114. The average Bonchev–Trinajstić information content (AvgIpc) is 3.09. The van der Waals surface area contributed by atoms with Gasteiger partial charge in [0.1, 0.15) is 5.01 Å². The number of nitrogens with one attached hydrogen (secondary N) is 2. The Hall–Kier alpha value is -2.42. The standard InChI is InChI=1S/C12H15N5O3S/c1-8(10-16-9(7-21-10)11(18)19)15-12(20)13-4-6-17-5-2-3-14-17/h2-3,5,7-8H,4,6H2,1H3,(H,18,19)(H2,13,15,20). The number of nitrogens with zero attached hydrogens (tertiary/aromatic N) is 3. The minimum atomic E-state index is -1.08. The van der Waals surface area contributed by atoms with E-state index in [2.05, 4.69) is 20.7 Å². The Kier molecular flexibility index (Phi) is 4.88. The molecule has 0 aliphatic carbocycles. The number of aromatic carboxylic acids is 1. The molecule has 9 heteroatoms. The lowest BCUT2D eigenvalue weighted by molar-refractivity contribution is 0.0691. The first-order valence-electron chi connectivity index (χ1n) is 6.27. The van der Waals surface area contributed by atoms with Gasteiger partial charge in [0.25, 0.3) is 0 Å². The number of carbonyl (C=O) groups is 2. The minimum Gasteiger partial charge on any atom is -0.476 e. The number of carbonyl (C=O) groups excluding carboxylic acids is 1. The zero-order valence-electron chi connectivity index (χ0n) is 11.3. The number of amides is 2. The van der Waals surface area contributed by atoms with Crippen LogP contribution in [0.2, 0.25) is 0 Å². The number of carboxylic acid groups (broad SMARTS) is 1. The number of hydrogen-bond donors (Lipinski definition) is 3. The molecule has 0 fully saturated rings. The van der Waals surface area contributed by atoms with Gasteiger partial charge in [0.15, 0.2) is 5.69 Å². The second-order valence-corrected chi connectivity index (χ2v) is 5.16. The quantitative estimate of drug-likeness (QED) is 0.740. The molecule has 3 N–H and O–H groups in total. The molecule has 0 bridgehead atoms. The molecular weight excluding hydrogens is 294 g/mol. The third-order valence-corrected chi connectivity index (χ3v) is 3.67. The van der Waals surface area contributed by atoms with Crippen LogP contribution in [0.3, 0.4) is 0 Å². The molecule has 1 unspecified atom stereocenters. The lowest BCUT2D eigenvalue weighted by Gasteiger charge is -2.12. The summed E-state index contributed by atoms with van der Waals surface area (Å²) in [6.45, 7) is 2.77. The van der Waals surface area contributed by atoms with Crippen molar-refractivity contribution < 1.29 is 14.7 Å². The zero-order chi connectivity index (χ0) is 15.2. The van der Waals surface area contributed by atoms with Crippen molar-refractivity contribution >= 4 is 23.3 Å². The molecule has 0 saturated heterocycles. The van der Waals surface area contributed by atoms with E-state index in [1.807, 2.05) is 12.3 Å². The van der Waals surface area contributed by atoms with Crippen LogP contribution in [0, 0.1) is 0 Å². The van der Waals surface area contributed by atoms with Gasteiger partial charge >= 0.3 is 12.0 Å². The predicted octanol–water partition coefficient (Wildman–Crippen LogP) is 1.10. The second kappa shape index (κ2) is 6.84. The molecule has 2 aromatic rings. The summed E-state index contributed by atoms with van der Waals surface area (Å²) in [6.07, 6.45) is 3.48. The lowest BCUT2D eigenvalue weighted by Crippen LogP contribution is -2.38. The first-order chi connectivity index (χ1) is 10.1. The maximum absolute atomic E-state index is 11.7. The van der Waals surface area contributed by atoms with Gasteiger partial charge in [0.05, 0.1) is 12.6 Å². The van der Waals surface area contributed by atoms with Crippen molar-refractivity contribution in [2.24, 2.45) is 0 Å². The highest BCUT2D eigenvalue weighted by atomic mass is 32.1. The van der Waals surface area contributed by atoms with Crippen LogP contribution in [-0.2, 0) is 6.54 Å². The SMILES string of the molecule is CC(NC(=O)NCCn1cccn1)c1nc(C(=O)O)cs1. The third kappa shape index (κ3) is 4.28. The Morgan fingerprint density at radius 2 is 2.33 bits per heavy atom. The van der Waals surface area contributed by atoms with Crippen LogP contribution >= 0.6 is 11.3 Å². The fraction of sp³-hybridized carbons (Fsp3) is 0.333. The van der Waals surface area contributed by atoms with Crippen LogP contribution in [0.5, 0.6) is 0 Å². The van der Waals surface area contributed by atoms with Crippen LogP contribution in [-0.4, -0.2) is 38.4 Å². The van der Waals surface area contributed by atoms with Crippen LogP contribution in [0.15, 0.2) is 23.8 Å². The van der Waals surface area contributed by atoms with E-state index >= 15 is 0 Å². The number of hydrogen-bond acceptors (Lipinski definition) is 5. The van der Waals surface area contributed by atoms with Crippen LogP contribution in [0.4, 0.5) is 4.79 Å². The number of thiazole rings is 1. The van der Waals surface area contributed by atoms with E-state index in [9.17, 15) is 9.59 Å². The highest BCUT2D eigenvalue weighted by Gasteiger charge is 2.15. The molecule has 8 nitrogen and oxygen atoms in total. The van der Waals surface area contributed by atoms with E-state index < -0.39 is 5.97 Å². The molecule has 2 rings (SSSR count). The first kappa shape index (κ1) is 15.0. The number of carboxylic acids is 1. The van der Waals surface area contributed by atoms with Crippen molar-refractivity contribution in [1.29, 1.82) is 0 Å². The summed E-state index contributed by atoms with van der Waals surface area (Å²) >= 11 is 1.20. The molecule has 112 valence electrons. The van der Waals surface area contributed by atoms with Gasteiger partial charge < -0.3 is 15.7 Å². The van der Waals surface area contributed by atoms with Gasteiger partial charge in [-0.2, -0.15) is 5.10 Å². The lowest BCUT2D eigenvalue weighted by atomic mass is 10.3. The summed E-state index contributed by atoms with van der Waals surface area (Å²) in [5.74, 6) is -1.08. The van der Waals surface area contributed by atoms with Crippen LogP contribution in [0.25, 0.3) is 0 Å². The summed E-state index contributed by atoms with van der Waals surface area (Å²) < 4.78 is 1.71. The fourth-order valence-corrected chi connectivity index (χ4v) is 2.41. The van der Waals surface area contributed by atoms with E-state index in [-0.39, 0.29) is 17.8 Å². The molecule has 2 aromatic heterocycles. The summed E-state index contributed by atoms with van der Waals surface area (Å²) in [4.78, 5) is 26.4. The molecule has 0 spiro atoms. The summed E-state index contributed by atoms with van der Waals surface area (Å²) in [6, 6.07) is 1.12. The van der Waals surface area contributed by atoms with E-state index in [0.29, 0.717) is 18.1 Å². The highest BCUT2D eigenvalue weighted by molar-refractivity contribution is 7.09. The molecule has 1 atom stereocenters. The largest absolute Gasteiger partial charge is 0.476 e. The van der Waals surface area contributed by atoms with Gasteiger partial charge in [-0.25, -0.2) is 14.6 Å². The fourth-order valence-electron chi connectivity index (χ4n) is 1.61. The van der Waals surface area contributed by atoms with E-state index in [1.165, 1.54) is 16.7 Å². The molecule has 0 saturated carbocycles. The molecule has 0 radical (unpaired) electrons. The molecule has 0 aromatic carbocycles. The van der Waals surface area contributed by atoms with E-state index in [1.54, 1.807) is 17.8 Å². The Morgan fingerprint density at radius 3 is 2.95 bits per heavy atom. The third-order valence-electron chi connectivity index (χ3n) is 2.64. The summed E-state index contributed by atoms with van der Waals surface area (Å²) in [5.41, 5.74) is -0.0114. The van der Waals surface area contributed by atoms with Crippen molar-refractivity contribution in [3.05, 3.63) is 34.5 Å². The predicted molar refractivity (Wildman–Crippen MR) is 76.2 cm³/mol. The first-order valence-corrected chi connectivity index (χ1v) is 7.14. The summed E-state index contributed by atoms with van der Waals surface area (Å²) in [7, 11) is 0. The number of urea groups is 1.